The van der Waals surface area contributed by atoms with Crippen LogP contribution >= 0.6 is 0 Å². The quantitative estimate of drug-likeness (QED) is 0.195. The SMILES string of the molecule is CO[Si]1(OC)O[Si](OC)(OC)O[Si](Oc2ccccc2)(Oc2ccccc2)O[Si](Oc2ccccc2)(Oc2ccccc2)O1. The van der Waals surface area contributed by atoms with Crippen LogP contribution in [0.3, 0.4) is 0 Å². The summed E-state index contributed by atoms with van der Waals surface area (Å²) in [5, 5.41) is 0. The van der Waals surface area contributed by atoms with Crippen molar-refractivity contribution in [1.29, 1.82) is 0 Å². The van der Waals surface area contributed by atoms with Gasteiger partial charge < -0.3 is 47.8 Å². The van der Waals surface area contributed by atoms with E-state index in [1.165, 1.54) is 28.4 Å². The van der Waals surface area contributed by atoms with E-state index in [1.807, 2.05) is 24.3 Å². The van der Waals surface area contributed by atoms with Gasteiger partial charge in [0.15, 0.2) is 0 Å². The van der Waals surface area contributed by atoms with Crippen molar-refractivity contribution in [2.75, 3.05) is 28.4 Å². The Balaban J connectivity index is 1.74. The first-order chi connectivity index (χ1) is 21.4. The second-order valence-electron chi connectivity index (χ2n) is 8.89. The summed E-state index contributed by atoms with van der Waals surface area (Å²) in [6.45, 7) is 0. The maximum absolute atomic E-state index is 6.81. The highest BCUT2D eigenvalue weighted by molar-refractivity contribution is 6.83. The molecule has 1 aliphatic heterocycles. The van der Waals surface area contributed by atoms with Gasteiger partial charge in [-0.2, -0.15) is 0 Å². The molecule has 0 atom stereocenters. The van der Waals surface area contributed by atoms with Crippen LogP contribution in [-0.4, -0.2) is 64.6 Å². The molecule has 0 bridgehead atoms. The maximum atomic E-state index is 6.81. The van der Waals surface area contributed by atoms with Gasteiger partial charge in [-0.1, -0.05) is 72.8 Å². The van der Waals surface area contributed by atoms with Gasteiger partial charge in [-0.25, -0.2) is 0 Å². The van der Waals surface area contributed by atoms with Gasteiger partial charge in [-0.15, -0.1) is 0 Å². The molecule has 4 aromatic carbocycles. The number of hydrogen-bond donors (Lipinski definition) is 0. The second kappa shape index (κ2) is 14.2. The summed E-state index contributed by atoms with van der Waals surface area (Å²) in [5.74, 6) is 1.37. The third-order valence-electron chi connectivity index (χ3n) is 5.94. The van der Waals surface area contributed by atoms with Gasteiger partial charge in [0.1, 0.15) is 23.0 Å². The molecule has 16 heteroatoms. The predicted octanol–water partition coefficient (Wildman–Crippen LogP) is 4.71. The molecule has 1 fully saturated rings. The smallest absolute Gasteiger partial charge is 0.472 e. The minimum Gasteiger partial charge on any atom is -0.472 e. The van der Waals surface area contributed by atoms with E-state index >= 15 is 0 Å². The van der Waals surface area contributed by atoms with Gasteiger partial charge >= 0.3 is 36.2 Å². The van der Waals surface area contributed by atoms with Crippen LogP contribution in [0.15, 0.2) is 121 Å². The van der Waals surface area contributed by atoms with Crippen LogP contribution in [0.2, 0.25) is 0 Å². The lowest BCUT2D eigenvalue weighted by molar-refractivity contribution is -0.0586. The van der Waals surface area contributed by atoms with E-state index in [-0.39, 0.29) is 0 Å². The van der Waals surface area contributed by atoms with E-state index in [1.54, 1.807) is 97.1 Å². The molecule has 232 valence electrons. The fourth-order valence-corrected chi connectivity index (χ4v) is 17.1. The van der Waals surface area contributed by atoms with Gasteiger partial charge in [0.2, 0.25) is 0 Å². The first-order valence-corrected chi connectivity index (χ1v) is 19.9. The number of hydrogen-bond acceptors (Lipinski definition) is 12. The molecule has 0 aromatic heterocycles. The average Bonchev–Trinajstić information content (AvgIpc) is 3.05. The fourth-order valence-electron chi connectivity index (χ4n) is 3.94. The lowest BCUT2D eigenvalue weighted by Gasteiger charge is -2.43. The van der Waals surface area contributed by atoms with Crippen LogP contribution in [-0.2, 0) is 34.2 Å². The average molecular weight is 673 g/mol. The zero-order valence-corrected chi connectivity index (χ0v) is 28.4. The Morgan fingerprint density at radius 1 is 0.318 bits per heavy atom. The van der Waals surface area contributed by atoms with E-state index in [4.69, 9.17) is 51.9 Å². The Kier molecular flexibility index (Phi) is 10.3. The minimum atomic E-state index is -4.67. The van der Waals surface area contributed by atoms with Gasteiger partial charge in [-0.05, 0) is 48.5 Å². The van der Waals surface area contributed by atoms with E-state index in [0.717, 1.165) is 0 Å². The summed E-state index contributed by atoms with van der Waals surface area (Å²) in [6.07, 6.45) is 0. The van der Waals surface area contributed by atoms with Gasteiger partial charge in [0, 0.05) is 28.4 Å². The van der Waals surface area contributed by atoms with E-state index < -0.39 is 36.2 Å². The van der Waals surface area contributed by atoms with Crippen LogP contribution in [0.5, 0.6) is 23.0 Å². The third kappa shape index (κ3) is 7.64. The van der Waals surface area contributed by atoms with Crippen molar-refractivity contribution in [1.82, 2.24) is 0 Å². The molecule has 0 radical (unpaired) electrons. The summed E-state index contributed by atoms with van der Waals surface area (Å²) in [7, 11) is -12.6. The van der Waals surface area contributed by atoms with Crippen LogP contribution < -0.4 is 17.7 Å². The summed E-state index contributed by atoms with van der Waals surface area (Å²) in [6, 6.07) is 35.3. The molecule has 0 aliphatic carbocycles. The van der Waals surface area contributed by atoms with Crippen molar-refractivity contribution in [2.45, 2.75) is 0 Å². The zero-order chi connectivity index (χ0) is 30.9. The van der Waals surface area contributed by atoms with Gasteiger partial charge in [-0.3, -0.25) is 4.12 Å². The first-order valence-electron chi connectivity index (χ1n) is 13.4. The van der Waals surface area contributed by atoms with Crippen molar-refractivity contribution in [3.05, 3.63) is 121 Å². The molecule has 5 rings (SSSR count). The highest BCUT2D eigenvalue weighted by Gasteiger charge is 2.79. The van der Waals surface area contributed by atoms with Crippen LogP contribution in [0.25, 0.3) is 0 Å². The van der Waals surface area contributed by atoms with Gasteiger partial charge in [0.25, 0.3) is 0 Å². The molecule has 1 saturated heterocycles. The maximum Gasteiger partial charge on any atom is 0.810 e. The molecule has 44 heavy (non-hydrogen) atoms. The monoisotopic (exact) mass is 672 g/mol. The van der Waals surface area contributed by atoms with Crippen LogP contribution in [0.4, 0.5) is 0 Å². The predicted molar refractivity (Wildman–Crippen MR) is 164 cm³/mol. The topological polar surface area (TPSA) is 111 Å². The summed E-state index contributed by atoms with van der Waals surface area (Å²) in [5.41, 5.74) is 0. The molecule has 12 nitrogen and oxygen atoms in total. The number of rotatable bonds is 12. The Morgan fingerprint density at radius 3 is 0.750 bits per heavy atom. The Morgan fingerprint density at radius 2 is 0.523 bits per heavy atom. The molecule has 0 N–H and O–H groups in total. The van der Waals surface area contributed by atoms with Crippen molar-refractivity contribution in [2.24, 2.45) is 0 Å². The molecule has 1 aliphatic rings. The van der Waals surface area contributed by atoms with E-state index in [9.17, 15) is 0 Å². The molecule has 0 saturated carbocycles. The van der Waals surface area contributed by atoms with E-state index in [2.05, 4.69) is 0 Å². The van der Waals surface area contributed by atoms with Crippen molar-refractivity contribution in [3.63, 3.8) is 0 Å². The highest BCUT2D eigenvalue weighted by Crippen LogP contribution is 2.37. The minimum absolute atomic E-state index is 0.343. The summed E-state index contributed by atoms with van der Waals surface area (Å²) < 4.78 is 75.3. The first kappa shape index (κ1) is 32.0. The molecule has 0 spiro atoms. The largest absolute Gasteiger partial charge is 0.810 e. The lowest BCUT2D eigenvalue weighted by atomic mass is 10.3. The second-order valence-corrected chi connectivity index (χ2v) is 18.6. The molecule has 4 aromatic rings. The standard InChI is InChI=1S/C28H32O12Si4/c1-29-41(30-2)37-42(31-3,32-4)39-44(35-27-21-13-7-14-22-27,36-28-23-15-8-16-24-28)40-43(38-41,33-25-17-9-5-10-18-25)34-26-19-11-6-12-20-26/h5-24H,1-4H3. The normalized spacial score (nSPS) is 18.3. The van der Waals surface area contributed by atoms with Crippen molar-refractivity contribution in [3.8, 4) is 23.0 Å². The molecule has 1 heterocycles. The Bertz CT molecular complexity index is 1240. The van der Waals surface area contributed by atoms with Gasteiger partial charge in [0.05, 0.1) is 0 Å². The number of para-hydroxylation sites is 4. The van der Waals surface area contributed by atoms with Crippen molar-refractivity contribution < 1.29 is 51.9 Å². The summed E-state index contributed by atoms with van der Waals surface area (Å²) in [4.78, 5) is 0. The van der Waals surface area contributed by atoms with Crippen LogP contribution in [0, 0.1) is 0 Å². The Labute approximate surface area is 260 Å². The zero-order valence-electron chi connectivity index (χ0n) is 24.4. The van der Waals surface area contributed by atoms with Crippen LogP contribution in [0.1, 0.15) is 0 Å². The third-order valence-corrected chi connectivity index (χ3v) is 17.9. The molecular weight excluding hydrogens is 641 g/mol. The number of benzene rings is 4. The van der Waals surface area contributed by atoms with Crippen molar-refractivity contribution >= 4 is 36.2 Å². The fraction of sp³-hybridized carbons (Fsp3) is 0.143. The molecule has 0 unspecified atom stereocenters. The highest BCUT2D eigenvalue weighted by atomic mass is 28.6. The van der Waals surface area contributed by atoms with E-state index in [0.29, 0.717) is 23.0 Å². The molecule has 0 amide bonds. The molecular formula is C28H32O12Si4. The lowest BCUT2D eigenvalue weighted by Crippen LogP contribution is -2.78. The summed E-state index contributed by atoms with van der Waals surface area (Å²) >= 11 is 0. The Hall–Kier alpha value is -3.37.